The van der Waals surface area contributed by atoms with Crippen molar-refractivity contribution in [2.75, 3.05) is 13.1 Å². The zero-order valence-electron chi connectivity index (χ0n) is 14.2. The van der Waals surface area contributed by atoms with E-state index in [9.17, 15) is 18.8 Å². The highest BCUT2D eigenvalue weighted by atomic mass is 19.1. The summed E-state index contributed by atoms with van der Waals surface area (Å²) < 4.78 is 13.5. The van der Waals surface area contributed by atoms with Gasteiger partial charge in [0.25, 0.3) is 5.91 Å². The molecule has 1 aliphatic rings. The minimum atomic E-state index is -0.769. The standard InChI is InChI=1S/C18H16FN5O3/c19-10-1-2-14-12(5-10)16(25)13(8-22-14)18(27)24-4-3-21-17(26)15(24)6-11-7-20-9-23-11/h1-2,5,7-9,15H,3-4,6H2,(H,20,23)(H,21,26)(H,22,25)/t15-/m0/s1. The maximum Gasteiger partial charge on any atom is 0.260 e. The Bertz CT molecular complexity index is 1080. The van der Waals surface area contributed by atoms with Crippen LogP contribution in [0.1, 0.15) is 16.1 Å². The average Bonchev–Trinajstić information content (AvgIpc) is 3.17. The van der Waals surface area contributed by atoms with Crippen molar-refractivity contribution in [3.8, 4) is 0 Å². The highest BCUT2D eigenvalue weighted by Crippen LogP contribution is 2.15. The van der Waals surface area contributed by atoms with Crippen LogP contribution in [-0.2, 0) is 11.2 Å². The normalized spacial score (nSPS) is 17.1. The highest BCUT2D eigenvalue weighted by Gasteiger charge is 2.35. The van der Waals surface area contributed by atoms with Crippen molar-refractivity contribution < 1.29 is 14.0 Å². The number of nitrogens with zero attached hydrogens (tertiary/aromatic N) is 2. The van der Waals surface area contributed by atoms with E-state index in [4.69, 9.17) is 0 Å². The Hall–Kier alpha value is -3.49. The van der Waals surface area contributed by atoms with E-state index in [1.54, 1.807) is 6.20 Å². The molecule has 4 rings (SSSR count). The van der Waals surface area contributed by atoms with Crippen molar-refractivity contribution in [1.82, 2.24) is 25.2 Å². The van der Waals surface area contributed by atoms with E-state index < -0.39 is 23.2 Å². The van der Waals surface area contributed by atoms with Gasteiger partial charge in [-0.2, -0.15) is 0 Å². The molecule has 1 atom stereocenters. The molecule has 1 saturated heterocycles. The van der Waals surface area contributed by atoms with Crippen LogP contribution in [0.2, 0.25) is 0 Å². The number of fused-ring (bicyclic) bond motifs is 1. The summed E-state index contributed by atoms with van der Waals surface area (Å²) in [7, 11) is 0. The fraction of sp³-hybridized carbons (Fsp3) is 0.222. The SMILES string of the molecule is O=C1NCCN(C(=O)c2c[nH]c3ccc(F)cc3c2=O)[C@H]1Cc1cnc[nH]1. The summed E-state index contributed by atoms with van der Waals surface area (Å²) in [5.74, 6) is -1.43. The van der Waals surface area contributed by atoms with Crippen LogP contribution >= 0.6 is 0 Å². The number of aromatic nitrogens is 3. The van der Waals surface area contributed by atoms with Gasteiger partial charge in [-0.25, -0.2) is 9.37 Å². The van der Waals surface area contributed by atoms with E-state index in [1.165, 1.54) is 29.6 Å². The molecule has 3 aromatic rings. The average molecular weight is 369 g/mol. The molecule has 2 aromatic heterocycles. The summed E-state index contributed by atoms with van der Waals surface area (Å²) >= 11 is 0. The number of piperazine rings is 1. The van der Waals surface area contributed by atoms with Gasteiger partial charge in [0.2, 0.25) is 11.3 Å². The topological polar surface area (TPSA) is 111 Å². The smallest absolute Gasteiger partial charge is 0.260 e. The van der Waals surface area contributed by atoms with Crippen molar-refractivity contribution in [3.63, 3.8) is 0 Å². The number of hydrogen-bond donors (Lipinski definition) is 3. The molecule has 0 radical (unpaired) electrons. The molecule has 1 aliphatic heterocycles. The first kappa shape index (κ1) is 17.0. The lowest BCUT2D eigenvalue weighted by atomic mass is 10.0. The predicted molar refractivity (Wildman–Crippen MR) is 94.7 cm³/mol. The van der Waals surface area contributed by atoms with Gasteiger partial charge in [-0.05, 0) is 18.2 Å². The number of rotatable bonds is 3. The van der Waals surface area contributed by atoms with Gasteiger partial charge >= 0.3 is 0 Å². The van der Waals surface area contributed by atoms with E-state index >= 15 is 0 Å². The van der Waals surface area contributed by atoms with Crippen LogP contribution in [0.3, 0.4) is 0 Å². The summed E-state index contributed by atoms with van der Waals surface area (Å²) in [4.78, 5) is 49.1. The van der Waals surface area contributed by atoms with Gasteiger partial charge in [0.15, 0.2) is 0 Å². The van der Waals surface area contributed by atoms with Crippen molar-refractivity contribution in [2.24, 2.45) is 0 Å². The van der Waals surface area contributed by atoms with Gasteiger partial charge in [0.1, 0.15) is 17.4 Å². The Balaban J connectivity index is 1.71. The molecule has 1 fully saturated rings. The van der Waals surface area contributed by atoms with E-state index in [0.717, 1.165) is 6.07 Å². The third-order valence-electron chi connectivity index (χ3n) is 4.63. The number of aromatic amines is 2. The van der Waals surface area contributed by atoms with Gasteiger partial charge in [-0.15, -0.1) is 0 Å². The molecule has 0 aliphatic carbocycles. The molecule has 9 heteroatoms. The highest BCUT2D eigenvalue weighted by molar-refractivity contribution is 6.00. The van der Waals surface area contributed by atoms with Crippen LogP contribution in [-0.4, -0.2) is 50.8 Å². The van der Waals surface area contributed by atoms with Crippen LogP contribution in [0.5, 0.6) is 0 Å². The third kappa shape index (κ3) is 3.07. The van der Waals surface area contributed by atoms with Crippen molar-refractivity contribution in [1.29, 1.82) is 0 Å². The predicted octanol–water partition coefficient (Wildman–Crippen LogP) is 0.574. The monoisotopic (exact) mass is 369 g/mol. The Morgan fingerprint density at radius 1 is 1.30 bits per heavy atom. The molecule has 3 N–H and O–H groups in total. The minimum absolute atomic E-state index is 0.0902. The largest absolute Gasteiger partial charge is 0.360 e. The van der Waals surface area contributed by atoms with E-state index in [2.05, 4.69) is 20.3 Å². The van der Waals surface area contributed by atoms with Gasteiger partial charge in [0, 0.05) is 48.5 Å². The van der Waals surface area contributed by atoms with Crippen LogP contribution < -0.4 is 10.7 Å². The molecule has 8 nitrogen and oxygen atoms in total. The maximum absolute atomic E-state index is 13.5. The molecule has 0 unspecified atom stereocenters. The van der Waals surface area contributed by atoms with Crippen LogP contribution in [0, 0.1) is 5.82 Å². The summed E-state index contributed by atoms with van der Waals surface area (Å²) in [5.41, 5.74) is 0.435. The fourth-order valence-corrected chi connectivity index (χ4v) is 3.27. The van der Waals surface area contributed by atoms with Crippen LogP contribution in [0.4, 0.5) is 4.39 Å². The number of halogens is 1. The molecule has 0 bridgehead atoms. The van der Waals surface area contributed by atoms with E-state index in [-0.39, 0.29) is 29.8 Å². The summed E-state index contributed by atoms with van der Waals surface area (Å²) in [6, 6.07) is 3.00. The van der Waals surface area contributed by atoms with Crippen molar-refractivity contribution >= 4 is 22.7 Å². The molecule has 2 amide bonds. The second kappa shape index (κ2) is 6.67. The molecule has 0 spiro atoms. The number of carbonyl (C=O) groups excluding carboxylic acids is 2. The number of H-pyrrole nitrogens is 2. The molecular weight excluding hydrogens is 353 g/mol. The lowest BCUT2D eigenvalue weighted by Crippen LogP contribution is -2.58. The van der Waals surface area contributed by atoms with Gasteiger partial charge in [-0.1, -0.05) is 0 Å². The molecule has 1 aromatic carbocycles. The van der Waals surface area contributed by atoms with E-state index in [1.807, 2.05) is 0 Å². The number of hydrogen-bond acceptors (Lipinski definition) is 4. The Labute approximate surface area is 152 Å². The van der Waals surface area contributed by atoms with E-state index in [0.29, 0.717) is 17.8 Å². The molecule has 0 saturated carbocycles. The number of imidazole rings is 1. The molecule has 138 valence electrons. The summed E-state index contributed by atoms with van der Waals surface area (Å²) in [6.07, 6.45) is 4.63. The lowest BCUT2D eigenvalue weighted by Gasteiger charge is -2.34. The molecule has 27 heavy (non-hydrogen) atoms. The number of amides is 2. The Kier molecular flexibility index (Phi) is 4.19. The van der Waals surface area contributed by atoms with Gasteiger partial charge in [0.05, 0.1) is 6.33 Å². The zero-order valence-corrected chi connectivity index (χ0v) is 14.2. The van der Waals surface area contributed by atoms with Crippen LogP contribution in [0.15, 0.2) is 41.7 Å². The van der Waals surface area contributed by atoms with Gasteiger partial charge in [-0.3, -0.25) is 14.4 Å². The first-order valence-electron chi connectivity index (χ1n) is 8.41. The molecular formula is C18H16FN5O3. The zero-order chi connectivity index (χ0) is 19.0. The molecule has 3 heterocycles. The fourth-order valence-electron chi connectivity index (χ4n) is 3.27. The number of benzene rings is 1. The maximum atomic E-state index is 13.5. The third-order valence-corrected chi connectivity index (χ3v) is 4.63. The minimum Gasteiger partial charge on any atom is -0.360 e. The van der Waals surface area contributed by atoms with Crippen molar-refractivity contribution in [3.05, 3.63) is 64.2 Å². The lowest BCUT2D eigenvalue weighted by molar-refractivity contribution is -0.127. The quantitative estimate of drug-likeness (QED) is 0.627. The van der Waals surface area contributed by atoms with Crippen molar-refractivity contribution in [2.45, 2.75) is 12.5 Å². The summed E-state index contributed by atoms with van der Waals surface area (Å²) in [6.45, 7) is 0.564. The Morgan fingerprint density at radius 3 is 2.93 bits per heavy atom. The summed E-state index contributed by atoms with van der Waals surface area (Å²) in [5, 5.41) is 2.82. The number of nitrogens with one attached hydrogen (secondary N) is 3. The second-order valence-electron chi connectivity index (χ2n) is 6.31. The first-order chi connectivity index (χ1) is 13.0. The van der Waals surface area contributed by atoms with Crippen LogP contribution in [0.25, 0.3) is 10.9 Å². The number of carbonyl (C=O) groups is 2. The Morgan fingerprint density at radius 2 is 2.15 bits per heavy atom. The first-order valence-corrected chi connectivity index (χ1v) is 8.41. The second-order valence-corrected chi connectivity index (χ2v) is 6.31. The number of pyridine rings is 1. The van der Waals surface area contributed by atoms with Gasteiger partial charge < -0.3 is 20.2 Å².